The molecule has 4 rings (SSSR count). The van der Waals surface area contributed by atoms with E-state index in [0.29, 0.717) is 11.2 Å². The lowest BCUT2D eigenvalue weighted by atomic mass is 10.0. The monoisotopic (exact) mass is 394 g/mol. The van der Waals surface area contributed by atoms with E-state index in [1.807, 2.05) is 53.2 Å². The molecule has 1 amide bonds. The Bertz CT molecular complexity index is 856. The molecule has 144 valence electrons. The van der Waals surface area contributed by atoms with E-state index < -0.39 is 0 Å². The van der Waals surface area contributed by atoms with Gasteiger partial charge in [0.1, 0.15) is 0 Å². The smallest absolute Gasteiger partial charge is 0.231 e. The van der Waals surface area contributed by atoms with Crippen LogP contribution in [-0.2, 0) is 4.79 Å². The normalized spacial score (nSPS) is 15.4. The Balaban J connectivity index is 1.43. The lowest BCUT2D eigenvalue weighted by molar-refractivity contribution is -0.119. The largest absolute Gasteiger partial charge is 0.343 e. The minimum absolute atomic E-state index is 0.0783. The number of nitrogens with one attached hydrogen (secondary N) is 1. The van der Waals surface area contributed by atoms with Gasteiger partial charge in [0.05, 0.1) is 23.5 Å². The highest BCUT2D eigenvalue weighted by atomic mass is 32.2. The second-order valence-electron chi connectivity index (χ2n) is 6.80. The van der Waals surface area contributed by atoms with E-state index in [2.05, 4.69) is 25.8 Å². The van der Waals surface area contributed by atoms with Crippen molar-refractivity contribution in [2.24, 2.45) is 0 Å². The minimum atomic E-state index is -0.290. The predicted molar refractivity (Wildman–Crippen MR) is 107 cm³/mol. The number of benzene rings is 1. The molecular weight excluding hydrogens is 372 g/mol. The highest BCUT2D eigenvalue weighted by Gasteiger charge is 2.23. The minimum Gasteiger partial charge on any atom is -0.343 e. The zero-order valence-electron chi connectivity index (χ0n) is 15.4. The number of hydrogen-bond acceptors (Lipinski definition) is 6. The van der Waals surface area contributed by atoms with E-state index in [4.69, 9.17) is 0 Å². The average molecular weight is 395 g/mol. The van der Waals surface area contributed by atoms with Crippen molar-refractivity contribution in [3.05, 3.63) is 66.0 Å². The maximum absolute atomic E-state index is 12.7. The summed E-state index contributed by atoms with van der Waals surface area (Å²) in [5.41, 5.74) is 1.80. The Kier molecular flexibility index (Phi) is 5.96. The van der Waals surface area contributed by atoms with Crippen LogP contribution in [0.1, 0.15) is 49.0 Å². The van der Waals surface area contributed by atoms with E-state index >= 15 is 0 Å². The van der Waals surface area contributed by atoms with E-state index in [1.54, 1.807) is 6.20 Å². The Morgan fingerprint density at radius 3 is 2.68 bits per heavy atom. The van der Waals surface area contributed by atoms with Crippen molar-refractivity contribution in [1.82, 2.24) is 30.5 Å². The van der Waals surface area contributed by atoms with Gasteiger partial charge in [0.25, 0.3) is 0 Å². The van der Waals surface area contributed by atoms with Gasteiger partial charge in [-0.15, -0.1) is 5.10 Å². The molecular formula is C20H22N6OS. The highest BCUT2D eigenvalue weighted by Crippen LogP contribution is 2.31. The van der Waals surface area contributed by atoms with Crippen molar-refractivity contribution in [3.8, 4) is 0 Å². The molecule has 8 heteroatoms. The Hall–Kier alpha value is -2.74. The van der Waals surface area contributed by atoms with Crippen LogP contribution in [-0.4, -0.2) is 36.9 Å². The number of thioether (sulfide) groups is 1. The Morgan fingerprint density at radius 2 is 1.93 bits per heavy atom. The molecule has 0 aliphatic heterocycles. The number of nitrogens with zero attached hydrogens (tertiary/aromatic N) is 5. The van der Waals surface area contributed by atoms with Crippen LogP contribution in [0.15, 0.2) is 59.9 Å². The molecule has 2 heterocycles. The van der Waals surface area contributed by atoms with Gasteiger partial charge in [-0.05, 0) is 41.0 Å². The molecule has 1 aromatic carbocycles. The Morgan fingerprint density at radius 1 is 1.14 bits per heavy atom. The second-order valence-corrected chi connectivity index (χ2v) is 7.74. The number of aromatic nitrogens is 5. The number of rotatable bonds is 7. The number of tetrazole rings is 1. The molecule has 2 aromatic heterocycles. The summed E-state index contributed by atoms with van der Waals surface area (Å²) in [5, 5.41) is 15.8. The molecule has 1 saturated carbocycles. The maximum atomic E-state index is 12.7. The molecule has 0 spiro atoms. The third-order valence-corrected chi connectivity index (χ3v) is 5.82. The van der Waals surface area contributed by atoms with Crippen molar-refractivity contribution < 1.29 is 4.79 Å². The number of carbonyl (C=O) groups excluding carboxylic acids is 1. The fourth-order valence-corrected chi connectivity index (χ4v) is 4.27. The van der Waals surface area contributed by atoms with E-state index in [9.17, 15) is 4.79 Å². The SMILES string of the molecule is O=C(CSc1nnnn1C1CCCC1)NC(c1ccccc1)c1ccccn1. The quantitative estimate of drug-likeness (QED) is 0.620. The van der Waals surface area contributed by atoms with E-state index in [1.165, 1.54) is 24.6 Å². The molecule has 0 saturated heterocycles. The van der Waals surface area contributed by atoms with Gasteiger partial charge in [-0.25, -0.2) is 4.68 Å². The van der Waals surface area contributed by atoms with Gasteiger partial charge < -0.3 is 5.32 Å². The first-order valence-corrected chi connectivity index (χ1v) is 10.5. The fourth-order valence-electron chi connectivity index (χ4n) is 3.51. The summed E-state index contributed by atoms with van der Waals surface area (Å²) in [7, 11) is 0. The van der Waals surface area contributed by atoms with Gasteiger partial charge in [0.15, 0.2) is 0 Å². The summed E-state index contributed by atoms with van der Waals surface area (Å²) in [6.07, 6.45) is 6.35. The van der Waals surface area contributed by atoms with Crippen molar-refractivity contribution in [2.75, 3.05) is 5.75 Å². The van der Waals surface area contributed by atoms with Crippen LogP contribution in [0.2, 0.25) is 0 Å². The molecule has 3 aromatic rings. The van der Waals surface area contributed by atoms with Crippen molar-refractivity contribution in [3.63, 3.8) is 0 Å². The summed E-state index contributed by atoms with van der Waals surface area (Å²) in [5.74, 6) is 0.175. The molecule has 28 heavy (non-hydrogen) atoms. The fraction of sp³-hybridized carbons (Fsp3) is 0.350. The molecule has 1 aliphatic carbocycles. The van der Waals surface area contributed by atoms with Gasteiger partial charge >= 0.3 is 0 Å². The number of pyridine rings is 1. The van der Waals surface area contributed by atoms with Crippen LogP contribution in [0.4, 0.5) is 0 Å². The first-order chi connectivity index (χ1) is 13.8. The number of hydrogen-bond donors (Lipinski definition) is 1. The van der Waals surface area contributed by atoms with Crippen LogP contribution in [0.25, 0.3) is 0 Å². The Labute approximate surface area is 167 Å². The summed E-state index contributed by atoms with van der Waals surface area (Å²) < 4.78 is 1.87. The van der Waals surface area contributed by atoms with Gasteiger partial charge in [0, 0.05) is 6.20 Å². The summed E-state index contributed by atoms with van der Waals surface area (Å²) >= 11 is 1.38. The van der Waals surface area contributed by atoms with Crippen LogP contribution >= 0.6 is 11.8 Å². The molecule has 0 bridgehead atoms. The average Bonchev–Trinajstić information content (AvgIpc) is 3.43. The third kappa shape index (κ3) is 4.39. The van der Waals surface area contributed by atoms with Crippen LogP contribution in [0.3, 0.4) is 0 Å². The first kappa shape index (κ1) is 18.6. The van der Waals surface area contributed by atoms with Gasteiger partial charge in [0.2, 0.25) is 11.1 Å². The molecule has 7 nitrogen and oxygen atoms in total. The molecule has 0 radical (unpaired) electrons. The molecule has 1 unspecified atom stereocenters. The van der Waals surface area contributed by atoms with Gasteiger partial charge in [-0.2, -0.15) is 0 Å². The maximum Gasteiger partial charge on any atom is 0.231 e. The third-order valence-electron chi connectivity index (χ3n) is 4.89. The van der Waals surface area contributed by atoms with Gasteiger partial charge in [-0.3, -0.25) is 9.78 Å². The zero-order valence-corrected chi connectivity index (χ0v) is 16.3. The standard InChI is InChI=1S/C20H22N6OS/c27-18(14-28-20-23-24-25-26(20)16-10-4-5-11-16)22-19(15-8-2-1-3-9-15)17-12-6-7-13-21-17/h1-3,6-9,12-13,16,19H,4-5,10-11,14H2,(H,22,27). The number of carbonyl (C=O) groups is 1. The molecule has 1 aliphatic rings. The molecule has 1 N–H and O–H groups in total. The lowest BCUT2D eigenvalue weighted by Gasteiger charge is -2.19. The summed E-state index contributed by atoms with van der Waals surface area (Å²) in [4.78, 5) is 17.1. The highest BCUT2D eigenvalue weighted by molar-refractivity contribution is 7.99. The van der Waals surface area contributed by atoms with E-state index in [0.717, 1.165) is 24.1 Å². The summed E-state index contributed by atoms with van der Waals surface area (Å²) in [6.45, 7) is 0. The zero-order chi connectivity index (χ0) is 19.2. The van der Waals surface area contributed by atoms with Gasteiger partial charge in [-0.1, -0.05) is 61.0 Å². The van der Waals surface area contributed by atoms with Crippen LogP contribution < -0.4 is 5.32 Å². The summed E-state index contributed by atoms with van der Waals surface area (Å²) in [6, 6.07) is 15.6. The molecule has 1 atom stereocenters. The van der Waals surface area contributed by atoms with Crippen LogP contribution in [0.5, 0.6) is 0 Å². The van der Waals surface area contributed by atoms with Crippen molar-refractivity contribution >= 4 is 17.7 Å². The second kappa shape index (κ2) is 8.97. The van der Waals surface area contributed by atoms with E-state index in [-0.39, 0.29) is 17.7 Å². The lowest BCUT2D eigenvalue weighted by Crippen LogP contribution is -2.31. The van der Waals surface area contributed by atoms with Crippen molar-refractivity contribution in [1.29, 1.82) is 0 Å². The van der Waals surface area contributed by atoms with Crippen molar-refractivity contribution in [2.45, 2.75) is 42.9 Å². The predicted octanol–water partition coefficient (Wildman–Crippen LogP) is 3.18. The molecule has 1 fully saturated rings. The van der Waals surface area contributed by atoms with Crippen LogP contribution in [0, 0.1) is 0 Å². The first-order valence-electron chi connectivity index (χ1n) is 9.47. The number of amides is 1. The topological polar surface area (TPSA) is 85.6 Å².